The number of pyridine rings is 1. The lowest BCUT2D eigenvalue weighted by atomic mass is 10.3. The molecule has 0 amide bonds. The van der Waals surface area contributed by atoms with E-state index in [1.54, 1.807) is 12.3 Å². The van der Waals surface area contributed by atoms with Crippen LogP contribution in [0.2, 0.25) is 0 Å². The zero-order chi connectivity index (χ0) is 9.26. The van der Waals surface area contributed by atoms with Gasteiger partial charge in [-0.05, 0) is 34.7 Å². The molecule has 0 saturated carbocycles. The lowest BCUT2D eigenvalue weighted by molar-refractivity contribution is 0.601. The van der Waals surface area contributed by atoms with Crippen molar-refractivity contribution in [3.63, 3.8) is 0 Å². The van der Waals surface area contributed by atoms with Gasteiger partial charge in [0.05, 0.1) is 0 Å². The van der Waals surface area contributed by atoms with Crippen LogP contribution in [0.5, 0.6) is 0 Å². The number of nitrogens with zero attached hydrogens (tertiary/aromatic N) is 3. The van der Waals surface area contributed by atoms with Crippen molar-refractivity contribution in [3.05, 3.63) is 27.3 Å². The summed E-state index contributed by atoms with van der Waals surface area (Å²) in [4.78, 5) is 4.07. The molecule has 66 valence electrons. The van der Waals surface area contributed by atoms with Crippen molar-refractivity contribution in [1.29, 1.82) is 0 Å². The highest BCUT2D eigenvalue weighted by Crippen LogP contribution is 2.25. The van der Waals surface area contributed by atoms with Crippen molar-refractivity contribution in [3.8, 4) is 10.6 Å². The van der Waals surface area contributed by atoms with Crippen LogP contribution in [0.1, 0.15) is 0 Å². The Labute approximate surface area is 91.2 Å². The Bertz CT molecular complexity index is 431. The second kappa shape index (κ2) is 3.62. The zero-order valence-corrected chi connectivity index (χ0v) is 9.21. The van der Waals surface area contributed by atoms with Crippen LogP contribution in [0.15, 0.2) is 18.3 Å². The zero-order valence-electron chi connectivity index (χ0n) is 6.24. The van der Waals surface area contributed by atoms with Gasteiger partial charge in [0.1, 0.15) is 3.70 Å². The van der Waals surface area contributed by atoms with Crippen LogP contribution in [0.3, 0.4) is 0 Å². The van der Waals surface area contributed by atoms with Crippen molar-refractivity contribution in [2.24, 2.45) is 0 Å². The van der Waals surface area contributed by atoms with Gasteiger partial charge in [-0.1, -0.05) is 11.3 Å². The summed E-state index contributed by atoms with van der Waals surface area (Å²) >= 11 is 3.00. The van der Waals surface area contributed by atoms with Crippen molar-refractivity contribution in [2.75, 3.05) is 0 Å². The van der Waals surface area contributed by atoms with Gasteiger partial charge in [-0.15, -0.1) is 10.2 Å². The van der Waals surface area contributed by atoms with E-state index >= 15 is 0 Å². The largest absolute Gasteiger partial charge is 0.289 e. The predicted molar refractivity (Wildman–Crippen MR) is 55.8 cm³/mol. The highest BCUT2D eigenvalue weighted by molar-refractivity contribution is 14.1. The summed E-state index contributed by atoms with van der Waals surface area (Å²) < 4.78 is 13.4. The summed E-state index contributed by atoms with van der Waals surface area (Å²) in [5.41, 5.74) is 0.824. The average molecular weight is 307 g/mol. The molecule has 2 heterocycles. The van der Waals surface area contributed by atoms with Crippen molar-refractivity contribution in [1.82, 2.24) is 15.2 Å². The Morgan fingerprint density at radius 3 is 2.85 bits per heavy atom. The quantitative estimate of drug-likeness (QED) is 0.599. The van der Waals surface area contributed by atoms with Crippen molar-refractivity contribution in [2.45, 2.75) is 0 Å². The summed E-state index contributed by atoms with van der Waals surface area (Å²) in [6.07, 6.45) is 1.68. The van der Waals surface area contributed by atoms with Crippen LogP contribution in [-0.4, -0.2) is 15.2 Å². The predicted octanol–water partition coefficient (Wildman–Crippen LogP) is 2.34. The third-order valence-corrected chi connectivity index (χ3v) is 2.99. The molecule has 0 fully saturated rings. The van der Waals surface area contributed by atoms with Gasteiger partial charge in [0.15, 0.2) is 5.01 Å². The third-order valence-electron chi connectivity index (χ3n) is 1.39. The SMILES string of the molecule is Fc1nnc(-c2cccnc2I)s1. The maximum absolute atomic E-state index is 12.6. The molecule has 13 heavy (non-hydrogen) atoms. The normalized spacial score (nSPS) is 10.3. The van der Waals surface area contributed by atoms with Gasteiger partial charge in [0, 0.05) is 11.8 Å². The number of hydrogen-bond acceptors (Lipinski definition) is 4. The third kappa shape index (κ3) is 1.83. The minimum Gasteiger partial charge on any atom is -0.250 e. The first kappa shape index (κ1) is 8.95. The van der Waals surface area contributed by atoms with E-state index in [0.717, 1.165) is 20.6 Å². The molecule has 0 aliphatic rings. The topological polar surface area (TPSA) is 38.7 Å². The maximum atomic E-state index is 12.6. The number of halogens is 2. The molecule has 6 heteroatoms. The second-order valence-electron chi connectivity index (χ2n) is 2.20. The van der Waals surface area contributed by atoms with Crippen molar-refractivity contribution < 1.29 is 4.39 Å². The Morgan fingerprint density at radius 2 is 2.23 bits per heavy atom. The van der Waals surface area contributed by atoms with Gasteiger partial charge in [0.2, 0.25) is 0 Å². The fourth-order valence-electron chi connectivity index (χ4n) is 0.860. The minimum absolute atomic E-state index is 0.519. The molecule has 2 rings (SSSR count). The highest BCUT2D eigenvalue weighted by atomic mass is 127. The van der Waals surface area contributed by atoms with Gasteiger partial charge in [0.25, 0.3) is 5.26 Å². The summed E-state index contributed by atoms with van der Waals surface area (Å²) in [5.74, 6) is 0. The van der Waals surface area contributed by atoms with Crippen LogP contribution in [0, 0.1) is 8.96 Å². The standard InChI is InChI=1S/C7H3FIN3S/c8-7-12-11-6(13-7)4-2-1-3-10-5(4)9/h1-3H. The molecule has 3 nitrogen and oxygen atoms in total. The van der Waals surface area contributed by atoms with E-state index in [4.69, 9.17) is 0 Å². The molecule has 0 radical (unpaired) electrons. The maximum Gasteiger partial charge on any atom is 0.289 e. The van der Waals surface area contributed by atoms with Crippen molar-refractivity contribution >= 4 is 33.9 Å². The Balaban J connectivity index is 2.52. The van der Waals surface area contributed by atoms with E-state index in [1.165, 1.54) is 0 Å². The molecular weight excluding hydrogens is 304 g/mol. The number of hydrogen-bond donors (Lipinski definition) is 0. The molecule has 0 aliphatic heterocycles. The van der Waals surface area contributed by atoms with Crippen LogP contribution >= 0.6 is 33.9 Å². The molecular formula is C7H3FIN3S. The molecule has 0 atom stereocenters. The Kier molecular flexibility index (Phi) is 2.49. The molecule has 0 bridgehead atoms. The minimum atomic E-state index is -0.519. The first-order valence-corrected chi connectivity index (χ1v) is 5.27. The van der Waals surface area contributed by atoms with E-state index in [0.29, 0.717) is 5.01 Å². The summed E-state index contributed by atoms with van der Waals surface area (Å²) in [6.45, 7) is 0. The smallest absolute Gasteiger partial charge is 0.250 e. The molecule has 2 aromatic rings. The molecule has 0 unspecified atom stereocenters. The average Bonchev–Trinajstić information content (AvgIpc) is 2.53. The molecule has 0 N–H and O–H groups in total. The van der Waals surface area contributed by atoms with Gasteiger partial charge in [-0.25, -0.2) is 4.98 Å². The summed E-state index contributed by atoms with van der Waals surface area (Å²) in [5, 5.41) is 7.05. The fraction of sp³-hybridized carbons (Fsp3) is 0. The van der Waals surface area contributed by atoms with E-state index in [9.17, 15) is 4.39 Å². The van der Waals surface area contributed by atoms with E-state index in [-0.39, 0.29) is 0 Å². The molecule has 0 saturated heterocycles. The summed E-state index contributed by atoms with van der Waals surface area (Å²) in [7, 11) is 0. The second-order valence-corrected chi connectivity index (χ2v) is 4.15. The first-order valence-electron chi connectivity index (χ1n) is 3.37. The Morgan fingerprint density at radius 1 is 1.38 bits per heavy atom. The van der Waals surface area contributed by atoms with Crippen LogP contribution in [-0.2, 0) is 0 Å². The fourth-order valence-corrected chi connectivity index (χ4v) is 2.24. The van der Waals surface area contributed by atoms with Crippen LogP contribution in [0.25, 0.3) is 10.6 Å². The van der Waals surface area contributed by atoms with Gasteiger partial charge in [-0.3, -0.25) is 0 Å². The van der Waals surface area contributed by atoms with Gasteiger partial charge >= 0.3 is 0 Å². The van der Waals surface area contributed by atoms with E-state index in [2.05, 4.69) is 37.8 Å². The first-order chi connectivity index (χ1) is 6.27. The van der Waals surface area contributed by atoms with E-state index < -0.39 is 5.26 Å². The lowest BCUT2D eigenvalue weighted by Gasteiger charge is -1.95. The monoisotopic (exact) mass is 307 g/mol. The molecule has 0 aromatic carbocycles. The Hall–Kier alpha value is -0.630. The van der Waals surface area contributed by atoms with Gasteiger partial charge in [-0.2, -0.15) is 4.39 Å². The molecule has 0 aliphatic carbocycles. The van der Waals surface area contributed by atoms with Crippen LogP contribution in [0.4, 0.5) is 4.39 Å². The van der Waals surface area contributed by atoms with Gasteiger partial charge < -0.3 is 0 Å². The lowest BCUT2D eigenvalue weighted by Crippen LogP contribution is -1.84. The van der Waals surface area contributed by atoms with E-state index in [1.807, 2.05) is 6.07 Å². The summed E-state index contributed by atoms with van der Waals surface area (Å²) in [6, 6.07) is 3.63. The van der Waals surface area contributed by atoms with Crippen LogP contribution < -0.4 is 0 Å². The molecule has 0 spiro atoms. The highest BCUT2D eigenvalue weighted by Gasteiger charge is 2.08. The number of aromatic nitrogens is 3. The number of rotatable bonds is 1. The molecule has 2 aromatic heterocycles.